The monoisotopic (exact) mass is 312 g/mol. The molecule has 0 saturated heterocycles. The summed E-state index contributed by atoms with van der Waals surface area (Å²) < 4.78 is 43.5. The van der Waals surface area contributed by atoms with Gasteiger partial charge in [0.05, 0.1) is 11.1 Å². The van der Waals surface area contributed by atoms with Gasteiger partial charge in [0.1, 0.15) is 18.1 Å². The van der Waals surface area contributed by atoms with Crippen LogP contribution < -0.4 is 4.74 Å². The number of phenols is 1. The molecule has 0 spiro atoms. The van der Waals surface area contributed by atoms with Crippen LogP contribution in [0.15, 0.2) is 42.5 Å². The van der Waals surface area contributed by atoms with Gasteiger partial charge in [0, 0.05) is 0 Å². The number of carbonyl (C=O) groups is 1. The van der Waals surface area contributed by atoms with Crippen molar-refractivity contribution in [1.29, 1.82) is 0 Å². The number of carboxylic acid groups (broad SMARTS) is 1. The van der Waals surface area contributed by atoms with Gasteiger partial charge in [-0.15, -0.1) is 0 Å². The molecule has 0 saturated carbocycles. The topological polar surface area (TPSA) is 66.8 Å². The van der Waals surface area contributed by atoms with E-state index in [-0.39, 0.29) is 12.4 Å². The maximum Gasteiger partial charge on any atom is 0.417 e. The summed E-state index contributed by atoms with van der Waals surface area (Å²) in [5, 5.41) is 18.0. The molecular formula is C15H11F3O4. The fourth-order valence-corrected chi connectivity index (χ4v) is 1.81. The van der Waals surface area contributed by atoms with Gasteiger partial charge >= 0.3 is 12.1 Å². The Bertz CT molecular complexity index is 678. The second kappa shape index (κ2) is 5.97. The molecule has 0 radical (unpaired) electrons. The van der Waals surface area contributed by atoms with E-state index in [4.69, 9.17) is 14.9 Å². The molecule has 2 N–H and O–H groups in total. The van der Waals surface area contributed by atoms with Crippen LogP contribution in [0.25, 0.3) is 0 Å². The third-order valence-corrected chi connectivity index (χ3v) is 2.86. The predicted molar refractivity (Wildman–Crippen MR) is 70.8 cm³/mol. The van der Waals surface area contributed by atoms with Crippen LogP contribution in [0.5, 0.6) is 11.5 Å². The zero-order chi connectivity index (χ0) is 16.3. The highest BCUT2D eigenvalue weighted by molar-refractivity contribution is 5.89. The van der Waals surface area contributed by atoms with Crippen LogP contribution in [0.3, 0.4) is 0 Å². The number of alkyl halides is 3. The summed E-state index contributed by atoms with van der Waals surface area (Å²) in [5.41, 5.74) is -1.73. The number of halogens is 3. The number of ether oxygens (including phenoxy) is 1. The number of hydrogen-bond acceptors (Lipinski definition) is 3. The molecule has 0 heterocycles. The van der Waals surface area contributed by atoms with Crippen molar-refractivity contribution in [2.24, 2.45) is 0 Å². The molecule has 0 aliphatic carbocycles. The predicted octanol–water partition coefficient (Wildman–Crippen LogP) is 3.69. The normalized spacial score (nSPS) is 11.2. The van der Waals surface area contributed by atoms with Crippen molar-refractivity contribution in [2.45, 2.75) is 12.8 Å². The first-order valence-electron chi connectivity index (χ1n) is 6.12. The minimum atomic E-state index is -4.73. The van der Waals surface area contributed by atoms with Crippen molar-refractivity contribution in [1.82, 2.24) is 0 Å². The molecule has 0 aliphatic rings. The summed E-state index contributed by atoms with van der Waals surface area (Å²) in [4.78, 5) is 11.0. The van der Waals surface area contributed by atoms with Crippen molar-refractivity contribution >= 4 is 5.97 Å². The lowest BCUT2D eigenvalue weighted by molar-refractivity contribution is -0.138. The van der Waals surface area contributed by atoms with Crippen LogP contribution in [0.1, 0.15) is 21.5 Å². The molecule has 116 valence electrons. The summed E-state index contributed by atoms with van der Waals surface area (Å²) in [7, 11) is 0. The summed E-state index contributed by atoms with van der Waals surface area (Å²) in [6.45, 7) is -0.0941. The van der Waals surface area contributed by atoms with E-state index in [9.17, 15) is 18.0 Å². The number of phenolic OH excluding ortho intramolecular Hbond substituents is 1. The van der Waals surface area contributed by atoms with Gasteiger partial charge in [-0.1, -0.05) is 6.07 Å². The quantitative estimate of drug-likeness (QED) is 0.903. The van der Waals surface area contributed by atoms with Crippen molar-refractivity contribution in [3.8, 4) is 11.5 Å². The van der Waals surface area contributed by atoms with Gasteiger partial charge in [-0.2, -0.15) is 13.2 Å². The van der Waals surface area contributed by atoms with E-state index in [1.54, 1.807) is 0 Å². The molecule has 0 amide bonds. The van der Waals surface area contributed by atoms with Gasteiger partial charge in [0.25, 0.3) is 0 Å². The molecule has 2 aromatic carbocycles. The van der Waals surface area contributed by atoms with E-state index in [2.05, 4.69) is 0 Å². The highest BCUT2D eigenvalue weighted by Gasteiger charge is 2.35. The first-order valence-corrected chi connectivity index (χ1v) is 6.12. The standard InChI is InChI=1S/C15H11F3O4/c16-15(17,18)13-6-1-9(7-12(13)14(20)21)8-22-11-4-2-10(19)3-5-11/h1-7,19H,8H2,(H,20,21). The molecule has 7 heteroatoms. The highest BCUT2D eigenvalue weighted by Crippen LogP contribution is 2.32. The number of carboxylic acids is 1. The SMILES string of the molecule is O=C(O)c1cc(COc2ccc(O)cc2)ccc1C(F)(F)F. The minimum absolute atomic E-state index is 0.0510. The van der Waals surface area contributed by atoms with Crippen molar-refractivity contribution in [3.05, 3.63) is 59.2 Å². The zero-order valence-corrected chi connectivity index (χ0v) is 11.1. The number of rotatable bonds is 4. The first-order chi connectivity index (χ1) is 10.3. The van der Waals surface area contributed by atoms with Crippen LogP contribution in [0.4, 0.5) is 13.2 Å². The third-order valence-electron chi connectivity index (χ3n) is 2.86. The van der Waals surface area contributed by atoms with Crippen molar-refractivity contribution in [2.75, 3.05) is 0 Å². The fraction of sp³-hybridized carbons (Fsp3) is 0.133. The Morgan fingerprint density at radius 2 is 1.73 bits per heavy atom. The van der Waals surface area contributed by atoms with E-state index >= 15 is 0 Å². The Labute approximate surface area is 123 Å². The zero-order valence-electron chi connectivity index (χ0n) is 11.1. The molecule has 22 heavy (non-hydrogen) atoms. The van der Waals surface area contributed by atoms with Gasteiger partial charge in [-0.3, -0.25) is 0 Å². The Morgan fingerprint density at radius 1 is 1.09 bits per heavy atom. The van der Waals surface area contributed by atoms with Crippen molar-refractivity contribution < 1.29 is 32.9 Å². The fourth-order valence-electron chi connectivity index (χ4n) is 1.81. The molecule has 0 fully saturated rings. The van der Waals surface area contributed by atoms with Gasteiger partial charge in [0.2, 0.25) is 0 Å². The van der Waals surface area contributed by atoms with E-state index in [0.29, 0.717) is 11.3 Å². The summed E-state index contributed by atoms with van der Waals surface area (Å²) in [6, 6.07) is 8.57. The number of aromatic carboxylic acids is 1. The Hall–Kier alpha value is -2.70. The second-order valence-electron chi connectivity index (χ2n) is 4.47. The minimum Gasteiger partial charge on any atom is -0.508 e. The molecule has 2 rings (SSSR count). The summed E-state index contributed by atoms with van der Waals surface area (Å²) in [6.07, 6.45) is -4.73. The third kappa shape index (κ3) is 3.69. The lowest BCUT2D eigenvalue weighted by Crippen LogP contribution is -2.13. The van der Waals surface area contributed by atoms with Crippen LogP contribution in [0, 0.1) is 0 Å². The summed E-state index contributed by atoms with van der Waals surface area (Å²) in [5.74, 6) is -1.21. The molecular weight excluding hydrogens is 301 g/mol. The molecule has 0 unspecified atom stereocenters. The van der Waals surface area contributed by atoms with Crippen LogP contribution in [0.2, 0.25) is 0 Å². The molecule has 0 aliphatic heterocycles. The van der Waals surface area contributed by atoms with E-state index in [1.165, 1.54) is 24.3 Å². The maximum atomic E-state index is 12.7. The number of aromatic hydroxyl groups is 1. The Kier molecular flexibility index (Phi) is 4.25. The van der Waals surface area contributed by atoms with Gasteiger partial charge in [0.15, 0.2) is 0 Å². The van der Waals surface area contributed by atoms with E-state index in [0.717, 1.165) is 18.2 Å². The van der Waals surface area contributed by atoms with E-state index in [1.807, 2.05) is 0 Å². The maximum absolute atomic E-state index is 12.7. The van der Waals surface area contributed by atoms with Gasteiger partial charge < -0.3 is 14.9 Å². The van der Waals surface area contributed by atoms with Crippen LogP contribution in [-0.4, -0.2) is 16.2 Å². The van der Waals surface area contributed by atoms with Crippen molar-refractivity contribution in [3.63, 3.8) is 0 Å². The average molecular weight is 312 g/mol. The summed E-state index contributed by atoms with van der Waals surface area (Å²) >= 11 is 0. The van der Waals surface area contributed by atoms with Gasteiger partial charge in [-0.05, 0) is 42.0 Å². The average Bonchev–Trinajstić information content (AvgIpc) is 2.45. The van der Waals surface area contributed by atoms with Gasteiger partial charge in [-0.25, -0.2) is 4.79 Å². The molecule has 0 bridgehead atoms. The molecule has 0 atom stereocenters. The molecule has 2 aromatic rings. The lowest BCUT2D eigenvalue weighted by atomic mass is 10.0. The first kappa shape index (κ1) is 15.7. The Morgan fingerprint density at radius 3 is 2.27 bits per heavy atom. The van der Waals surface area contributed by atoms with Crippen LogP contribution in [-0.2, 0) is 12.8 Å². The molecule has 0 aromatic heterocycles. The smallest absolute Gasteiger partial charge is 0.417 e. The highest BCUT2D eigenvalue weighted by atomic mass is 19.4. The Balaban J connectivity index is 2.20. The lowest BCUT2D eigenvalue weighted by Gasteiger charge is -2.12. The van der Waals surface area contributed by atoms with E-state index < -0.39 is 23.3 Å². The van der Waals surface area contributed by atoms with Crippen LogP contribution >= 0.6 is 0 Å². The number of benzene rings is 2. The largest absolute Gasteiger partial charge is 0.508 e. The molecule has 4 nitrogen and oxygen atoms in total. The number of hydrogen-bond donors (Lipinski definition) is 2. The second-order valence-corrected chi connectivity index (χ2v) is 4.47.